The molecule has 0 bridgehead atoms. The number of halogens is 1. The minimum absolute atomic E-state index is 0.381. The van der Waals surface area contributed by atoms with Crippen molar-refractivity contribution in [3.63, 3.8) is 0 Å². The second kappa shape index (κ2) is 12.7. The summed E-state index contributed by atoms with van der Waals surface area (Å²) in [6.45, 7) is 8.25. The first kappa shape index (κ1) is 23.4. The number of nitrogens with zero attached hydrogens (tertiary/aromatic N) is 1. The van der Waals surface area contributed by atoms with Crippen molar-refractivity contribution in [2.45, 2.75) is 64.1 Å². The Morgan fingerprint density at radius 3 is 2.67 bits per heavy atom. The third kappa shape index (κ3) is 11.0. The van der Waals surface area contributed by atoms with Gasteiger partial charge in [-0.2, -0.15) is 0 Å². The van der Waals surface area contributed by atoms with E-state index >= 15 is 0 Å². The average Bonchev–Trinajstić information content (AvgIpc) is 3.12. The quantitative estimate of drug-likeness (QED) is 0.171. The molecule has 1 rings (SSSR count). The molecule has 0 saturated heterocycles. The van der Waals surface area contributed by atoms with Gasteiger partial charge >= 0.3 is 0 Å². The van der Waals surface area contributed by atoms with Crippen LogP contribution in [0.1, 0.15) is 46.0 Å². The van der Waals surface area contributed by atoms with Crippen molar-refractivity contribution in [1.29, 1.82) is 0 Å². The SMILES string of the molecule is C=C/C=C(C)\C=C/NC(N)N/C=C/CCNC(C)(F)CN(C)C1CCCC1. The van der Waals surface area contributed by atoms with Crippen molar-refractivity contribution in [3.8, 4) is 0 Å². The van der Waals surface area contributed by atoms with Gasteiger partial charge in [-0.3, -0.25) is 16.0 Å². The fraction of sp³-hybridized carbons (Fsp3) is 0.619. The van der Waals surface area contributed by atoms with Crippen LogP contribution in [0.25, 0.3) is 0 Å². The van der Waals surface area contributed by atoms with E-state index < -0.39 is 5.79 Å². The molecule has 1 aliphatic rings. The van der Waals surface area contributed by atoms with Crippen molar-refractivity contribution in [2.24, 2.45) is 5.73 Å². The molecule has 0 amide bonds. The predicted octanol–water partition coefficient (Wildman–Crippen LogP) is 3.11. The van der Waals surface area contributed by atoms with Crippen LogP contribution in [0.3, 0.4) is 0 Å². The Labute approximate surface area is 164 Å². The third-order valence-corrected chi connectivity index (χ3v) is 4.70. The summed E-state index contributed by atoms with van der Waals surface area (Å²) < 4.78 is 14.7. The summed E-state index contributed by atoms with van der Waals surface area (Å²) in [4.78, 5) is 2.15. The van der Waals surface area contributed by atoms with Crippen LogP contribution >= 0.6 is 0 Å². The minimum Gasteiger partial charge on any atom is -0.360 e. The Balaban J connectivity index is 2.16. The smallest absolute Gasteiger partial charge is 0.171 e. The average molecular weight is 380 g/mol. The molecule has 0 spiro atoms. The fourth-order valence-electron chi connectivity index (χ4n) is 3.24. The molecule has 2 atom stereocenters. The van der Waals surface area contributed by atoms with E-state index in [2.05, 4.69) is 27.4 Å². The Morgan fingerprint density at radius 1 is 1.33 bits per heavy atom. The topological polar surface area (TPSA) is 65.3 Å². The lowest BCUT2D eigenvalue weighted by Gasteiger charge is -2.31. The molecule has 154 valence electrons. The number of hydrogen-bond acceptors (Lipinski definition) is 5. The molecule has 0 aromatic heterocycles. The van der Waals surface area contributed by atoms with Gasteiger partial charge in [0.25, 0.3) is 0 Å². The Hall–Kier alpha value is -1.63. The van der Waals surface area contributed by atoms with Gasteiger partial charge in [-0.05, 0) is 64.2 Å². The fourth-order valence-corrected chi connectivity index (χ4v) is 3.24. The molecule has 1 fully saturated rings. The first-order valence-electron chi connectivity index (χ1n) is 9.87. The summed E-state index contributed by atoms with van der Waals surface area (Å²) in [7, 11) is 2.02. The van der Waals surface area contributed by atoms with Gasteiger partial charge < -0.3 is 10.6 Å². The largest absolute Gasteiger partial charge is 0.360 e. The van der Waals surface area contributed by atoms with Gasteiger partial charge in [0.2, 0.25) is 0 Å². The summed E-state index contributed by atoms with van der Waals surface area (Å²) in [5.74, 6) is -1.38. The lowest BCUT2D eigenvalue weighted by atomic mass is 10.2. The van der Waals surface area contributed by atoms with Crippen molar-refractivity contribution < 1.29 is 4.39 Å². The molecule has 0 heterocycles. The van der Waals surface area contributed by atoms with Gasteiger partial charge in [0.15, 0.2) is 5.79 Å². The van der Waals surface area contributed by atoms with Crippen LogP contribution in [-0.2, 0) is 0 Å². The van der Waals surface area contributed by atoms with Crippen molar-refractivity contribution in [3.05, 3.63) is 48.9 Å². The summed E-state index contributed by atoms with van der Waals surface area (Å²) in [5, 5.41) is 9.04. The highest BCUT2D eigenvalue weighted by Crippen LogP contribution is 2.23. The molecule has 5 N–H and O–H groups in total. The normalized spacial score (nSPS) is 19.7. The highest BCUT2D eigenvalue weighted by atomic mass is 19.1. The monoisotopic (exact) mass is 379 g/mol. The van der Waals surface area contributed by atoms with E-state index in [1.807, 2.05) is 32.2 Å². The van der Waals surface area contributed by atoms with E-state index in [-0.39, 0.29) is 6.29 Å². The molecule has 1 aliphatic carbocycles. The number of nitrogens with one attached hydrogen (secondary N) is 3. The maximum atomic E-state index is 14.7. The predicted molar refractivity (Wildman–Crippen MR) is 113 cm³/mol. The molecule has 0 aromatic carbocycles. The number of likely N-dealkylation sites (N-methyl/N-ethyl adjacent to an activating group) is 1. The van der Waals surface area contributed by atoms with E-state index in [0.29, 0.717) is 19.1 Å². The number of hydrogen-bond donors (Lipinski definition) is 4. The van der Waals surface area contributed by atoms with E-state index in [0.717, 1.165) is 12.0 Å². The van der Waals surface area contributed by atoms with Crippen LogP contribution in [0.4, 0.5) is 4.39 Å². The molecule has 0 aliphatic heterocycles. The van der Waals surface area contributed by atoms with E-state index in [9.17, 15) is 4.39 Å². The lowest BCUT2D eigenvalue weighted by molar-refractivity contribution is 0.0704. The zero-order chi connectivity index (χ0) is 20.1. The molecular formula is C21H38FN5. The van der Waals surface area contributed by atoms with Crippen LogP contribution in [0, 0.1) is 0 Å². The van der Waals surface area contributed by atoms with Crippen LogP contribution in [0.2, 0.25) is 0 Å². The third-order valence-electron chi connectivity index (χ3n) is 4.70. The van der Waals surface area contributed by atoms with E-state index in [4.69, 9.17) is 5.73 Å². The number of alkyl halides is 1. The van der Waals surface area contributed by atoms with Crippen molar-refractivity contribution in [1.82, 2.24) is 20.9 Å². The molecular weight excluding hydrogens is 341 g/mol. The Kier molecular flexibility index (Phi) is 11.0. The van der Waals surface area contributed by atoms with Crippen LogP contribution in [-0.4, -0.2) is 43.2 Å². The van der Waals surface area contributed by atoms with Gasteiger partial charge in [-0.1, -0.05) is 37.6 Å². The Morgan fingerprint density at radius 2 is 2.00 bits per heavy atom. The summed E-state index contributed by atoms with van der Waals surface area (Å²) >= 11 is 0. The standard InChI is InChI=1S/C21H38FN5/c1-5-10-18(2)13-16-25-20(23)24-14-8-9-15-26-21(3,22)17-27(4)19-11-6-7-12-19/h5,8,10,13-14,16,19-20,24-26H,1,6-7,9,11-12,15,17,23H2,2-4H3/b14-8+,16-13-,18-10-. The maximum Gasteiger partial charge on any atom is 0.171 e. The van der Waals surface area contributed by atoms with Crippen LogP contribution in [0.15, 0.2) is 48.9 Å². The van der Waals surface area contributed by atoms with Gasteiger partial charge in [-0.25, -0.2) is 4.39 Å². The highest BCUT2D eigenvalue weighted by molar-refractivity contribution is 5.19. The number of nitrogens with two attached hydrogens (primary N) is 1. The molecule has 0 aromatic rings. The summed E-state index contributed by atoms with van der Waals surface area (Å²) in [6.07, 6.45) is 16.3. The second-order valence-electron chi connectivity index (χ2n) is 7.46. The van der Waals surface area contributed by atoms with E-state index in [1.165, 1.54) is 25.7 Å². The van der Waals surface area contributed by atoms with Crippen LogP contribution in [0.5, 0.6) is 0 Å². The second-order valence-corrected chi connectivity index (χ2v) is 7.46. The molecule has 5 nitrogen and oxygen atoms in total. The first-order valence-corrected chi connectivity index (χ1v) is 9.87. The van der Waals surface area contributed by atoms with Gasteiger partial charge in [0.05, 0.1) is 0 Å². The zero-order valence-electron chi connectivity index (χ0n) is 17.2. The first-order chi connectivity index (χ1) is 12.8. The van der Waals surface area contributed by atoms with Crippen LogP contribution < -0.4 is 21.7 Å². The number of allylic oxidation sites excluding steroid dienone is 4. The molecule has 1 saturated carbocycles. The highest BCUT2D eigenvalue weighted by Gasteiger charge is 2.28. The molecule has 6 heteroatoms. The zero-order valence-corrected chi connectivity index (χ0v) is 17.2. The van der Waals surface area contributed by atoms with Gasteiger partial charge in [0.1, 0.15) is 6.29 Å². The van der Waals surface area contributed by atoms with Crippen molar-refractivity contribution in [2.75, 3.05) is 20.1 Å². The summed E-state index contributed by atoms with van der Waals surface area (Å²) in [6, 6.07) is 0.532. The van der Waals surface area contributed by atoms with E-state index in [1.54, 1.807) is 25.4 Å². The minimum atomic E-state index is -1.38. The molecule has 0 radical (unpaired) electrons. The number of rotatable bonds is 13. The van der Waals surface area contributed by atoms with Crippen molar-refractivity contribution >= 4 is 0 Å². The Bertz CT molecular complexity index is 507. The lowest BCUT2D eigenvalue weighted by Crippen LogP contribution is -2.49. The van der Waals surface area contributed by atoms with Gasteiger partial charge in [0, 0.05) is 19.1 Å². The maximum absolute atomic E-state index is 14.7. The molecule has 2 unspecified atom stereocenters. The summed E-state index contributed by atoms with van der Waals surface area (Å²) in [5.41, 5.74) is 6.97. The molecule has 27 heavy (non-hydrogen) atoms. The van der Waals surface area contributed by atoms with Gasteiger partial charge in [-0.15, -0.1) is 0 Å².